The third kappa shape index (κ3) is 2.15. The molecule has 1 heterocycles. The first kappa shape index (κ1) is 11.3. The summed E-state index contributed by atoms with van der Waals surface area (Å²) in [6.45, 7) is 2.77. The molecule has 0 aliphatic heterocycles. The Labute approximate surface area is 103 Å². The van der Waals surface area contributed by atoms with Crippen LogP contribution in [0.2, 0.25) is 0 Å². The van der Waals surface area contributed by atoms with Gasteiger partial charge in [-0.3, -0.25) is 4.57 Å². The number of rotatable bonds is 3. The fourth-order valence-electron chi connectivity index (χ4n) is 1.53. The minimum atomic E-state index is 0.703. The van der Waals surface area contributed by atoms with Crippen LogP contribution in [-0.2, 0) is 6.54 Å². The fraction of sp³-hybridized carbons (Fsp3) is 0.273. The van der Waals surface area contributed by atoms with Crippen molar-refractivity contribution in [1.82, 2.24) is 20.1 Å². The molecule has 0 saturated carbocycles. The molecule has 0 atom stereocenters. The zero-order valence-corrected chi connectivity index (χ0v) is 10.8. The topological polar surface area (TPSA) is 42.7 Å². The van der Waals surface area contributed by atoms with Crippen molar-refractivity contribution in [1.29, 1.82) is 0 Å². The number of aryl methyl sites for hydroxylation is 1. The Hall–Kier alpha value is -1.20. The molecule has 16 heavy (non-hydrogen) atoms. The number of benzene rings is 1. The first-order chi connectivity index (χ1) is 7.72. The molecule has 0 saturated heterocycles. The maximum atomic E-state index is 4.07. The molecule has 5 heteroatoms. The molecule has 0 amide bonds. The second-order valence-corrected chi connectivity index (χ2v) is 4.44. The van der Waals surface area contributed by atoms with Crippen LogP contribution in [0, 0.1) is 6.92 Å². The Morgan fingerprint density at radius 1 is 1.44 bits per heavy atom. The molecule has 2 aromatic rings. The number of hydrogen-bond donors (Lipinski definition) is 1. The average molecular weight is 281 g/mol. The highest BCUT2D eigenvalue weighted by Crippen LogP contribution is 2.19. The molecule has 1 aromatic heterocycles. The Bertz CT molecular complexity index is 492. The maximum Gasteiger partial charge on any atom is 0.151 e. The summed E-state index contributed by atoms with van der Waals surface area (Å²) in [5, 5.41) is 11.1. The lowest BCUT2D eigenvalue weighted by Crippen LogP contribution is -2.11. The molecule has 2 rings (SSSR count). The summed E-state index contributed by atoms with van der Waals surface area (Å²) in [5.74, 6) is 0.907. The molecule has 0 bridgehead atoms. The maximum absolute atomic E-state index is 4.07. The van der Waals surface area contributed by atoms with Crippen LogP contribution in [0.3, 0.4) is 0 Å². The second kappa shape index (κ2) is 4.76. The third-order valence-corrected chi connectivity index (χ3v) is 3.26. The molecule has 1 N–H and O–H groups in total. The standard InChI is InChI=1S/C11H13BrN4/c1-8-5-9(3-4-10(8)12)16-7-14-15-11(16)6-13-2/h3-5,7,13H,6H2,1-2H3. The lowest BCUT2D eigenvalue weighted by atomic mass is 10.2. The predicted molar refractivity (Wildman–Crippen MR) is 66.6 cm³/mol. The van der Waals surface area contributed by atoms with Gasteiger partial charge in [-0.2, -0.15) is 0 Å². The van der Waals surface area contributed by atoms with E-state index in [9.17, 15) is 0 Å². The Balaban J connectivity index is 2.42. The highest BCUT2D eigenvalue weighted by Gasteiger charge is 2.06. The van der Waals surface area contributed by atoms with Crippen molar-refractivity contribution in [3.63, 3.8) is 0 Å². The molecule has 84 valence electrons. The van der Waals surface area contributed by atoms with Gasteiger partial charge in [-0.05, 0) is 37.7 Å². The van der Waals surface area contributed by atoms with E-state index >= 15 is 0 Å². The smallest absolute Gasteiger partial charge is 0.151 e. The van der Waals surface area contributed by atoms with Gasteiger partial charge in [-0.1, -0.05) is 15.9 Å². The Morgan fingerprint density at radius 2 is 2.25 bits per heavy atom. The van der Waals surface area contributed by atoms with Gasteiger partial charge < -0.3 is 5.32 Å². The second-order valence-electron chi connectivity index (χ2n) is 3.58. The molecule has 0 aliphatic carbocycles. The van der Waals surface area contributed by atoms with Crippen molar-refractivity contribution in [2.24, 2.45) is 0 Å². The summed E-state index contributed by atoms with van der Waals surface area (Å²) in [6, 6.07) is 6.18. The summed E-state index contributed by atoms with van der Waals surface area (Å²) in [4.78, 5) is 0. The fourth-order valence-corrected chi connectivity index (χ4v) is 1.78. The van der Waals surface area contributed by atoms with Crippen molar-refractivity contribution < 1.29 is 0 Å². The van der Waals surface area contributed by atoms with Crippen molar-refractivity contribution >= 4 is 15.9 Å². The Morgan fingerprint density at radius 3 is 2.94 bits per heavy atom. The van der Waals surface area contributed by atoms with Crippen LogP contribution in [-0.4, -0.2) is 21.8 Å². The largest absolute Gasteiger partial charge is 0.313 e. The van der Waals surface area contributed by atoms with Crippen molar-refractivity contribution in [3.8, 4) is 5.69 Å². The number of halogens is 1. The number of nitrogens with one attached hydrogen (secondary N) is 1. The molecule has 0 radical (unpaired) electrons. The zero-order valence-electron chi connectivity index (χ0n) is 9.24. The van der Waals surface area contributed by atoms with Crippen molar-refractivity contribution in [3.05, 3.63) is 40.4 Å². The molecule has 4 nitrogen and oxygen atoms in total. The molecular weight excluding hydrogens is 268 g/mol. The number of aromatic nitrogens is 3. The van der Waals surface area contributed by atoms with Crippen molar-refractivity contribution in [2.75, 3.05) is 7.05 Å². The minimum Gasteiger partial charge on any atom is -0.313 e. The molecular formula is C11H13BrN4. The molecule has 0 fully saturated rings. The van der Waals surface area contributed by atoms with E-state index in [1.54, 1.807) is 6.33 Å². The third-order valence-electron chi connectivity index (χ3n) is 2.37. The van der Waals surface area contributed by atoms with Gasteiger partial charge >= 0.3 is 0 Å². The van der Waals surface area contributed by atoms with E-state index in [1.807, 2.05) is 23.7 Å². The van der Waals surface area contributed by atoms with E-state index < -0.39 is 0 Å². The number of hydrogen-bond acceptors (Lipinski definition) is 3. The van der Waals surface area contributed by atoms with Gasteiger partial charge in [-0.15, -0.1) is 10.2 Å². The predicted octanol–water partition coefficient (Wildman–Crippen LogP) is 2.06. The van der Waals surface area contributed by atoms with Gasteiger partial charge in [0.25, 0.3) is 0 Å². The average Bonchev–Trinajstić information content (AvgIpc) is 2.71. The minimum absolute atomic E-state index is 0.703. The quantitative estimate of drug-likeness (QED) is 0.936. The van der Waals surface area contributed by atoms with Crippen molar-refractivity contribution in [2.45, 2.75) is 13.5 Å². The van der Waals surface area contributed by atoms with E-state index in [0.29, 0.717) is 6.54 Å². The van der Waals surface area contributed by atoms with Gasteiger partial charge in [0.2, 0.25) is 0 Å². The lowest BCUT2D eigenvalue weighted by Gasteiger charge is -2.07. The monoisotopic (exact) mass is 280 g/mol. The lowest BCUT2D eigenvalue weighted by molar-refractivity contribution is 0.737. The Kier molecular flexibility index (Phi) is 3.36. The number of nitrogens with zero attached hydrogens (tertiary/aromatic N) is 3. The van der Waals surface area contributed by atoms with E-state index in [1.165, 1.54) is 5.56 Å². The summed E-state index contributed by atoms with van der Waals surface area (Å²) in [7, 11) is 1.89. The highest BCUT2D eigenvalue weighted by atomic mass is 79.9. The van der Waals surface area contributed by atoms with Gasteiger partial charge in [0, 0.05) is 10.2 Å². The first-order valence-corrected chi connectivity index (χ1v) is 5.81. The van der Waals surface area contributed by atoms with Crippen LogP contribution < -0.4 is 5.32 Å². The van der Waals surface area contributed by atoms with Crippen LogP contribution in [0.5, 0.6) is 0 Å². The molecule has 1 aromatic carbocycles. The molecule has 0 spiro atoms. The van der Waals surface area contributed by atoms with Gasteiger partial charge in [0.1, 0.15) is 6.33 Å². The van der Waals surface area contributed by atoms with E-state index in [-0.39, 0.29) is 0 Å². The summed E-state index contributed by atoms with van der Waals surface area (Å²) >= 11 is 3.49. The highest BCUT2D eigenvalue weighted by molar-refractivity contribution is 9.10. The summed E-state index contributed by atoms with van der Waals surface area (Å²) in [6.07, 6.45) is 1.73. The van der Waals surface area contributed by atoms with Crippen LogP contribution in [0.4, 0.5) is 0 Å². The van der Waals surface area contributed by atoms with Gasteiger partial charge in [0.15, 0.2) is 5.82 Å². The van der Waals surface area contributed by atoms with Crippen LogP contribution in [0.15, 0.2) is 29.0 Å². The molecule has 0 unspecified atom stereocenters. The normalized spacial score (nSPS) is 10.7. The van der Waals surface area contributed by atoms with E-state index in [0.717, 1.165) is 16.0 Å². The molecule has 0 aliphatic rings. The van der Waals surface area contributed by atoms with Crippen LogP contribution in [0.25, 0.3) is 5.69 Å². The van der Waals surface area contributed by atoms with Gasteiger partial charge in [0.05, 0.1) is 6.54 Å². The zero-order chi connectivity index (χ0) is 11.5. The summed E-state index contributed by atoms with van der Waals surface area (Å²) < 4.78 is 3.09. The SMILES string of the molecule is CNCc1nncn1-c1ccc(Br)c(C)c1. The van der Waals surface area contributed by atoms with Crippen LogP contribution >= 0.6 is 15.9 Å². The summed E-state index contributed by atoms with van der Waals surface area (Å²) in [5.41, 5.74) is 2.28. The first-order valence-electron chi connectivity index (χ1n) is 5.02. The van der Waals surface area contributed by atoms with Gasteiger partial charge in [-0.25, -0.2) is 0 Å². The van der Waals surface area contributed by atoms with Crippen LogP contribution in [0.1, 0.15) is 11.4 Å². The van der Waals surface area contributed by atoms with E-state index in [4.69, 9.17) is 0 Å². The van der Waals surface area contributed by atoms with E-state index in [2.05, 4.69) is 44.4 Å².